The zero-order valence-electron chi connectivity index (χ0n) is 11.6. The van der Waals surface area contributed by atoms with E-state index >= 15 is 0 Å². The second kappa shape index (κ2) is 6.74. The number of hydrogen-bond donors (Lipinski definition) is 3. The molecule has 110 valence electrons. The van der Waals surface area contributed by atoms with Gasteiger partial charge in [0.05, 0.1) is 6.20 Å². The fraction of sp³-hybridized carbons (Fsp3) is 0.333. The summed E-state index contributed by atoms with van der Waals surface area (Å²) >= 11 is 6.16. The number of anilines is 3. The summed E-state index contributed by atoms with van der Waals surface area (Å²) < 4.78 is 0. The summed E-state index contributed by atoms with van der Waals surface area (Å²) in [5.41, 5.74) is 0.950. The second-order valence-corrected chi connectivity index (χ2v) is 5.46. The summed E-state index contributed by atoms with van der Waals surface area (Å²) in [6.07, 6.45) is 3.78. The van der Waals surface area contributed by atoms with Crippen molar-refractivity contribution in [3.8, 4) is 0 Å². The molecule has 0 atom stereocenters. The predicted octanol–water partition coefficient (Wildman–Crippen LogP) is 3.04. The van der Waals surface area contributed by atoms with Gasteiger partial charge in [-0.1, -0.05) is 29.8 Å². The van der Waals surface area contributed by atoms with Crippen molar-refractivity contribution in [1.29, 1.82) is 0 Å². The van der Waals surface area contributed by atoms with Crippen molar-refractivity contribution in [3.05, 3.63) is 41.6 Å². The molecule has 1 aliphatic heterocycles. The van der Waals surface area contributed by atoms with Gasteiger partial charge in [0.2, 0.25) is 5.95 Å². The topological polar surface area (TPSA) is 61.9 Å². The maximum atomic E-state index is 6.16. The summed E-state index contributed by atoms with van der Waals surface area (Å²) in [5.74, 6) is 1.24. The summed E-state index contributed by atoms with van der Waals surface area (Å²) in [4.78, 5) is 8.74. The number of para-hydroxylation sites is 1. The predicted molar refractivity (Wildman–Crippen MR) is 86.3 cm³/mol. The van der Waals surface area contributed by atoms with Gasteiger partial charge >= 0.3 is 0 Å². The number of rotatable bonds is 4. The molecule has 5 nitrogen and oxygen atoms in total. The molecule has 1 aromatic carbocycles. The third-order valence-electron chi connectivity index (χ3n) is 3.45. The Labute approximate surface area is 129 Å². The molecule has 0 unspecified atom stereocenters. The lowest BCUT2D eigenvalue weighted by Crippen LogP contribution is -2.35. The molecule has 6 heteroatoms. The first-order valence-electron chi connectivity index (χ1n) is 7.13. The Bertz CT molecular complexity index is 584. The maximum absolute atomic E-state index is 6.16. The molecular formula is C15H18ClN5. The molecule has 0 spiro atoms. The van der Waals surface area contributed by atoms with Gasteiger partial charge in [0.25, 0.3) is 0 Å². The molecule has 2 heterocycles. The highest BCUT2D eigenvalue weighted by atomic mass is 35.5. The smallest absolute Gasteiger partial charge is 0.224 e. The highest BCUT2D eigenvalue weighted by Crippen LogP contribution is 2.24. The van der Waals surface area contributed by atoms with E-state index in [-0.39, 0.29) is 0 Å². The Morgan fingerprint density at radius 2 is 1.90 bits per heavy atom. The molecule has 0 radical (unpaired) electrons. The van der Waals surface area contributed by atoms with Crippen LogP contribution in [0.4, 0.5) is 17.5 Å². The molecule has 1 saturated heterocycles. The van der Waals surface area contributed by atoms with Crippen LogP contribution in [0.5, 0.6) is 0 Å². The lowest BCUT2D eigenvalue weighted by atomic mass is 10.1. The van der Waals surface area contributed by atoms with E-state index in [2.05, 4.69) is 25.9 Å². The summed E-state index contributed by atoms with van der Waals surface area (Å²) in [6, 6.07) is 10.3. The van der Waals surface area contributed by atoms with Gasteiger partial charge in [-0.3, -0.25) is 0 Å². The fourth-order valence-corrected chi connectivity index (χ4v) is 2.47. The van der Waals surface area contributed by atoms with Crippen LogP contribution in [0.15, 0.2) is 36.5 Å². The van der Waals surface area contributed by atoms with E-state index in [1.54, 1.807) is 6.20 Å². The quantitative estimate of drug-likeness (QED) is 0.810. The average Bonchev–Trinajstić information content (AvgIpc) is 2.53. The molecule has 1 aromatic heterocycles. The third kappa shape index (κ3) is 3.83. The molecule has 3 N–H and O–H groups in total. The largest absolute Gasteiger partial charge is 0.351 e. The molecule has 1 aliphatic rings. The van der Waals surface area contributed by atoms with Crippen LogP contribution in [0, 0.1) is 0 Å². The minimum Gasteiger partial charge on any atom is -0.351 e. The van der Waals surface area contributed by atoms with E-state index in [0.29, 0.717) is 22.8 Å². The van der Waals surface area contributed by atoms with Gasteiger partial charge in [0.15, 0.2) is 5.82 Å². The standard InChI is InChI=1S/C15H18ClN5/c16-13-10-18-15(20-12-6-8-17-9-7-12)21-14(13)19-11-4-2-1-3-5-11/h1-5,10,12,17H,6-9H2,(H2,18,19,20,21). The van der Waals surface area contributed by atoms with E-state index in [1.165, 1.54) is 0 Å². The SMILES string of the molecule is Clc1cnc(NC2CCNCC2)nc1Nc1ccccc1. The van der Waals surface area contributed by atoms with Crippen molar-refractivity contribution in [1.82, 2.24) is 15.3 Å². The van der Waals surface area contributed by atoms with E-state index in [0.717, 1.165) is 31.6 Å². The van der Waals surface area contributed by atoms with Gasteiger partial charge in [0.1, 0.15) is 5.02 Å². The molecule has 1 fully saturated rings. The zero-order chi connectivity index (χ0) is 14.5. The van der Waals surface area contributed by atoms with Gasteiger partial charge in [-0.25, -0.2) is 4.98 Å². The third-order valence-corrected chi connectivity index (χ3v) is 3.73. The first-order chi connectivity index (χ1) is 10.3. The average molecular weight is 304 g/mol. The van der Waals surface area contributed by atoms with Crippen LogP contribution in [0.2, 0.25) is 5.02 Å². The van der Waals surface area contributed by atoms with E-state index in [1.807, 2.05) is 30.3 Å². The maximum Gasteiger partial charge on any atom is 0.224 e. The van der Waals surface area contributed by atoms with Crippen LogP contribution in [-0.4, -0.2) is 29.1 Å². The molecule has 21 heavy (non-hydrogen) atoms. The van der Waals surface area contributed by atoms with E-state index < -0.39 is 0 Å². The lowest BCUT2D eigenvalue weighted by molar-refractivity contribution is 0.477. The Hall–Kier alpha value is -1.85. The van der Waals surface area contributed by atoms with Crippen molar-refractivity contribution in [2.45, 2.75) is 18.9 Å². The van der Waals surface area contributed by atoms with Crippen LogP contribution >= 0.6 is 11.6 Å². The first kappa shape index (κ1) is 14.1. The van der Waals surface area contributed by atoms with E-state index in [9.17, 15) is 0 Å². The number of nitrogens with zero attached hydrogens (tertiary/aromatic N) is 2. The summed E-state index contributed by atoms with van der Waals surface area (Å²) in [6.45, 7) is 2.06. The summed E-state index contributed by atoms with van der Waals surface area (Å²) in [5, 5.41) is 10.4. The van der Waals surface area contributed by atoms with Crippen molar-refractivity contribution in [3.63, 3.8) is 0 Å². The Balaban J connectivity index is 1.73. The number of piperidine rings is 1. The number of benzene rings is 1. The van der Waals surface area contributed by atoms with Crippen LogP contribution in [0.3, 0.4) is 0 Å². The molecule has 2 aromatic rings. The van der Waals surface area contributed by atoms with Crippen molar-refractivity contribution in [2.75, 3.05) is 23.7 Å². The highest BCUT2D eigenvalue weighted by molar-refractivity contribution is 6.32. The van der Waals surface area contributed by atoms with Crippen molar-refractivity contribution in [2.24, 2.45) is 0 Å². The Kier molecular flexibility index (Phi) is 4.52. The normalized spacial score (nSPS) is 15.7. The fourth-order valence-electron chi connectivity index (χ4n) is 2.33. The van der Waals surface area contributed by atoms with E-state index in [4.69, 9.17) is 11.6 Å². The Morgan fingerprint density at radius 3 is 2.67 bits per heavy atom. The molecular weight excluding hydrogens is 286 g/mol. The Morgan fingerprint density at radius 1 is 1.14 bits per heavy atom. The number of hydrogen-bond acceptors (Lipinski definition) is 5. The lowest BCUT2D eigenvalue weighted by Gasteiger charge is -2.23. The summed E-state index contributed by atoms with van der Waals surface area (Å²) in [7, 11) is 0. The van der Waals surface area contributed by atoms with Gasteiger partial charge in [0, 0.05) is 11.7 Å². The molecule has 3 rings (SSSR count). The van der Waals surface area contributed by atoms with Gasteiger partial charge in [-0.2, -0.15) is 4.98 Å². The van der Waals surface area contributed by atoms with Crippen LogP contribution in [-0.2, 0) is 0 Å². The molecule has 0 aliphatic carbocycles. The van der Waals surface area contributed by atoms with Crippen LogP contribution in [0.25, 0.3) is 0 Å². The van der Waals surface area contributed by atoms with Crippen LogP contribution in [0.1, 0.15) is 12.8 Å². The van der Waals surface area contributed by atoms with Gasteiger partial charge < -0.3 is 16.0 Å². The monoisotopic (exact) mass is 303 g/mol. The first-order valence-corrected chi connectivity index (χ1v) is 7.51. The molecule has 0 amide bonds. The minimum absolute atomic E-state index is 0.414. The van der Waals surface area contributed by atoms with Gasteiger partial charge in [-0.05, 0) is 38.1 Å². The van der Waals surface area contributed by atoms with Crippen molar-refractivity contribution >= 4 is 29.1 Å². The minimum atomic E-state index is 0.414. The highest BCUT2D eigenvalue weighted by Gasteiger charge is 2.14. The number of aromatic nitrogens is 2. The molecule has 0 saturated carbocycles. The van der Waals surface area contributed by atoms with Crippen LogP contribution < -0.4 is 16.0 Å². The van der Waals surface area contributed by atoms with Gasteiger partial charge in [-0.15, -0.1) is 0 Å². The molecule has 0 bridgehead atoms. The number of halogens is 1. The zero-order valence-corrected chi connectivity index (χ0v) is 12.4. The number of nitrogens with one attached hydrogen (secondary N) is 3. The second-order valence-electron chi connectivity index (χ2n) is 5.05. The van der Waals surface area contributed by atoms with Crippen molar-refractivity contribution < 1.29 is 0 Å².